The van der Waals surface area contributed by atoms with E-state index in [4.69, 9.17) is 15.2 Å². The van der Waals surface area contributed by atoms with Crippen LogP contribution in [0.15, 0.2) is 12.7 Å². The number of nitrogens with zero attached hydrogens (tertiary/aromatic N) is 1. The van der Waals surface area contributed by atoms with Gasteiger partial charge in [-0.05, 0) is 31.6 Å². The molecular formula is C25H54N2O4. The van der Waals surface area contributed by atoms with Crippen LogP contribution < -0.4 is 5.73 Å². The SMILES string of the molecule is C.C=CC.CC.CC[C@H](C)[C@H](C)[C@@H](CC(=O)N1CCC[C@H]1[C@H](OC)[C@@H](C)C(N)=O)OC.[HH]. The maximum atomic E-state index is 12.9. The van der Waals surface area contributed by atoms with Crippen LogP contribution in [0.2, 0.25) is 0 Å². The van der Waals surface area contributed by atoms with Crippen molar-refractivity contribution in [2.75, 3.05) is 20.8 Å². The van der Waals surface area contributed by atoms with E-state index in [0.29, 0.717) is 24.8 Å². The third kappa shape index (κ3) is 11.2. The van der Waals surface area contributed by atoms with Crippen molar-refractivity contribution in [3.8, 4) is 0 Å². The Morgan fingerprint density at radius 2 is 1.74 bits per heavy atom. The molecular weight excluding hydrogens is 392 g/mol. The van der Waals surface area contributed by atoms with Crippen LogP contribution in [0.4, 0.5) is 0 Å². The Morgan fingerprint density at radius 1 is 1.23 bits per heavy atom. The minimum Gasteiger partial charge on any atom is -0.381 e. The van der Waals surface area contributed by atoms with Crippen LogP contribution in [-0.4, -0.2) is 55.7 Å². The number of hydrogen-bond donors (Lipinski definition) is 1. The first-order valence-electron chi connectivity index (χ1n) is 11.4. The van der Waals surface area contributed by atoms with E-state index in [9.17, 15) is 9.59 Å². The zero-order valence-corrected chi connectivity index (χ0v) is 20.9. The zero-order chi connectivity index (χ0) is 23.9. The standard InChI is InChI=1S/C19H36N2O4.C3H6.C2H6.CH4.H2/c1-7-12(2)13(3)16(24-5)11-17(22)21-10-8-9-15(21)18(25-6)14(4)19(20)23;1-3-2;1-2;;/h12-16,18H,7-11H2,1-6H3,(H2,20,23);3H,1H2,2H3;1-2H3;1H4;1H/t12-,13-,14+,15-,16+,18+;;;;/m0..../s1. The van der Waals surface area contributed by atoms with Gasteiger partial charge in [0, 0.05) is 22.2 Å². The predicted molar refractivity (Wildman–Crippen MR) is 134 cm³/mol. The van der Waals surface area contributed by atoms with E-state index in [1.165, 1.54) is 0 Å². The van der Waals surface area contributed by atoms with Crippen molar-refractivity contribution in [1.29, 1.82) is 0 Å². The summed E-state index contributed by atoms with van der Waals surface area (Å²) in [4.78, 5) is 26.4. The van der Waals surface area contributed by atoms with Crippen LogP contribution in [0.1, 0.15) is 83.0 Å². The maximum absolute atomic E-state index is 12.9. The number of hydrogen-bond acceptors (Lipinski definition) is 4. The molecule has 0 aromatic rings. The Balaban J connectivity index is -0.000000514. The van der Waals surface area contributed by atoms with E-state index < -0.39 is 11.8 Å². The summed E-state index contributed by atoms with van der Waals surface area (Å²) in [6.45, 7) is 18.2. The second-order valence-corrected chi connectivity index (χ2v) is 7.82. The van der Waals surface area contributed by atoms with Crippen molar-refractivity contribution < 1.29 is 20.5 Å². The lowest BCUT2D eigenvalue weighted by atomic mass is 9.87. The summed E-state index contributed by atoms with van der Waals surface area (Å²) in [5, 5.41) is 0. The first kappa shape index (κ1) is 34.2. The summed E-state index contributed by atoms with van der Waals surface area (Å²) in [5.41, 5.74) is 5.45. The molecule has 0 unspecified atom stereocenters. The number of likely N-dealkylation sites (tertiary alicyclic amines) is 1. The van der Waals surface area contributed by atoms with E-state index in [2.05, 4.69) is 27.4 Å². The molecule has 0 aromatic carbocycles. The molecule has 0 aromatic heterocycles. The highest BCUT2D eigenvalue weighted by Gasteiger charge is 2.40. The number of primary amides is 1. The molecule has 6 nitrogen and oxygen atoms in total. The van der Waals surface area contributed by atoms with Crippen LogP contribution >= 0.6 is 0 Å². The Hall–Kier alpha value is -1.40. The molecule has 0 spiro atoms. The highest BCUT2D eigenvalue weighted by atomic mass is 16.5. The van der Waals surface area contributed by atoms with Gasteiger partial charge in [0.05, 0.1) is 30.6 Å². The summed E-state index contributed by atoms with van der Waals surface area (Å²) in [6, 6.07) is -0.101. The number of ether oxygens (including phenoxy) is 2. The summed E-state index contributed by atoms with van der Waals surface area (Å²) >= 11 is 0. The predicted octanol–water partition coefficient (Wildman–Crippen LogP) is 5.30. The molecule has 1 rings (SSSR count). The van der Waals surface area contributed by atoms with Crippen molar-refractivity contribution >= 4 is 11.8 Å². The fourth-order valence-corrected chi connectivity index (χ4v) is 3.81. The second kappa shape index (κ2) is 19.3. The van der Waals surface area contributed by atoms with Gasteiger partial charge in [0.1, 0.15) is 0 Å². The first-order valence-corrected chi connectivity index (χ1v) is 11.4. The highest BCUT2D eigenvalue weighted by Crippen LogP contribution is 2.29. The molecule has 0 aliphatic carbocycles. The molecule has 0 saturated carbocycles. The highest BCUT2D eigenvalue weighted by molar-refractivity contribution is 5.79. The third-order valence-corrected chi connectivity index (χ3v) is 6.02. The Labute approximate surface area is 194 Å². The van der Waals surface area contributed by atoms with Crippen molar-refractivity contribution in [3.63, 3.8) is 0 Å². The fourth-order valence-electron chi connectivity index (χ4n) is 3.81. The van der Waals surface area contributed by atoms with Gasteiger partial charge >= 0.3 is 0 Å². The molecule has 1 fully saturated rings. The topological polar surface area (TPSA) is 81.9 Å². The van der Waals surface area contributed by atoms with Crippen molar-refractivity contribution in [2.45, 2.75) is 99.8 Å². The average Bonchev–Trinajstić information content (AvgIpc) is 3.22. The lowest BCUT2D eigenvalue weighted by molar-refractivity contribution is -0.141. The number of carbonyl (C=O) groups is 2. The molecule has 1 aliphatic heterocycles. The van der Waals surface area contributed by atoms with Gasteiger partial charge in [-0.15, -0.1) is 6.58 Å². The fraction of sp³-hybridized carbons (Fsp3) is 0.840. The van der Waals surface area contributed by atoms with Crippen molar-refractivity contribution in [1.82, 2.24) is 4.90 Å². The summed E-state index contributed by atoms with van der Waals surface area (Å²) in [5.74, 6) is 0.0479. The quantitative estimate of drug-likeness (QED) is 0.462. The van der Waals surface area contributed by atoms with Gasteiger partial charge in [-0.1, -0.05) is 61.5 Å². The van der Waals surface area contributed by atoms with Crippen LogP contribution in [-0.2, 0) is 19.1 Å². The van der Waals surface area contributed by atoms with Crippen LogP contribution in [0.3, 0.4) is 0 Å². The minimum absolute atomic E-state index is 0. The number of rotatable bonds is 10. The van der Waals surface area contributed by atoms with Crippen LogP contribution in [0, 0.1) is 17.8 Å². The van der Waals surface area contributed by atoms with Gasteiger partial charge in [-0.2, -0.15) is 0 Å². The number of carbonyl (C=O) groups excluding carboxylic acids is 2. The molecule has 6 atom stereocenters. The van der Waals surface area contributed by atoms with Crippen molar-refractivity contribution in [2.24, 2.45) is 23.5 Å². The molecule has 2 amide bonds. The van der Waals surface area contributed by atoms with E-state index in [0.717, 1.165) is 19.3 Å². The lowest BCUT2D eigenvalue weighted by Gasteiger charge is -2.35. The van der Waals surface area contributed by atoms with E-state index >= 15 is 0 Å². The number of amides is 2. The second-order valence-electron chi connectivity index (χ2n) is 7.82. The van der Waals surface area contributed by atoms with Crippen LogP contribution in [0.5, 0.6) is 0 Å². The largest absolute Gasteiger partial charge is 0.381 e. The number of nitrogens with two attached hydrogens (primary N) is 1. The van der Waals surface area contributed by atoms with E-state index in [-0.39, 0.29) is 33.0 Å². The molecule has 0 bridgehead atoms. The molecule has 1 aliphatic rings. The minimum atomic E-state index is -0.430. The van der Waals surface area contributed by atoms with Gasteiger partial charge in [-0.25, -0.2) is 0 Å². The third-order valence-electron chi connectivity index (χ3n) is 6.02. The molecule has 2 N–H and O–H groups in total. The Morgan fingerprint density at radius 3 is 2.13 bits per heavy atom. The van der Waals surface area contributed by atoms with Gasteiger partial charge < -0.3 is 20.1 Å². The smallest absolute Gasteiger partial charge is 0.225 e. The summed E-state index contributed by atoms with van der Waals surface area (Å²) < 4.78 is 11.2. The lowest BCUT2D eigenvalue weighted by Crippen LogP contribution is -2.49. The van der Waals surface area contributed by atoms with Crippen molar-refractivity contribution in [3.05, 3.63) is 12.7 Å². The molecule has 1 saturated heterocycles. The van der Waals surface area contributed by atoms with E-state index in [1.807, 2.05) is 25.7 Å². The molecule has 31 heavy (non-hydrogen) atoms. The first-order chi connectivity index (χ1) is 14.2. The van der Waals surface area contributed by atoms with Gasteiger partial charge in [-0.3, -0.25) is 9.59 Å². The summed E-state index contributed by atoms with van der Waals surface area (Å²) in [6.07, 6.45) is 4.46. The summed E-state index contributed by atoms with van der Waals surface area (Å²) in [7, 11) is 3.25. The average molecular weight is 447 g/mol. The maximum Gasteiger partial charge on any atom is 0.225 e. The normalized spacial score (nSPS) is 19.8. The van der Waals surface area contributed by atoms with Crippen LogP contribution in [0.25, 0.3) is 0 Å². The monoisotopic (exact) mass is 446 g/mol. The van der Waals surface area contributed by atoms with Gasteiger partial charge in [0.2, 0.25) is 11.8 Å². The zero-order valence-electron chi connectivity index (χ0n) is 20.9. The molecule has 6 heteroatoms. The Bertz CT molecular complexity index is 491. The number of methoxy groups -OCH3 is 2. The van der Waals surface area contributed by atoms with Gasteiger partial charge in [0.25, 0.3) is 0 Å². The molecule has 1 heterocycles. The van der Waals surface area contributed by atoms with Gasteiger partial charge in [0.15, 0.2) is 0 Å². The molecule has 188 valence electrons. The number of allylic oxidation sites excluding steroid dienone is 1. The molecule has 0 radical (unpaired) electrons. The van der Waals surface area contributed by atoms with E-state index in [1.54, 1.807) is 27.2 Å². The Kier molecular flexibility index (Phi) is 21.3.